The molecule has 1 unspecified atom stereocenters. The van der Waals surface area contributed by atoms with Crippen molar-refractivity contribution in [3.63, 3.8) is 0 Å². The van der Waals surface area contributed by atoms with Crippen LogP contribution in [0.4, 0.5) is 0 Å². The zero-order chi connectivity index (χ0) is 15.0. The number of fused-ring (bicyclic) bond motifs is 1. The molecule has 1 aromatic carbocycles. The van der Waals surface area contributed by atoms with E-state index in [1.54, 1.807) is 7.11 Å². The molecule has 0 saturated heterocycles. The van der Waals surface area contributed by atoms with E-state index < -0.39 is 0 Å². The van der Waals surface area contributed by atoms with Crippen molar-refractivity contribution >= 4 is 0 Å². The third-order valence-corrected chi connectivity index (χ3v) is 4.52. The first-order valence-corrected chi connectivity index (χ1v) is 7.48. The van der Waals surface area contributed by atoms with E-state index in [9.17, 15) is 0 Å². The number of methoxy groups -OCH3 is 1. The fourth-order valence-electron chi connectivity index (χ4n) is 3.43. The highest BCUT2D eigenvalue weighted by atomic mass is 16.5. The summed E-state index contributed by atoms with van der Waals surface area (Å²) in [5.41, 5.74) is 11.3. The summed E-state index contributed by atoms with van der Waals surface area (Å²) in [5.74, 6) is 0.881. The molecule has 1 aromatic heterocycles. The number of nitrogens with zero attached hydrogens (tertiary/aromatic N) is 2. The lowest BCUT2D eigenvalue weighted by Gasteiger charge is -2.36. The van der Waals surface area contributed by atoms with Crippen LogP contribution < -0.4 is 10.5 Å². The van der Waals surface area contributed by atoms with E-state index in [1.165, 1.54) is 16.8 Å². The van der Waals surface area contributed by atoms with E-state index >= 15 is 0 Å². The van der Waals surface area contributed by atoms with Crippen LogP contribution in [-0.2, 0) is 25.4 Å². The van der Waals surface area contributed by atoms with Gasteiger partial charge in [0, 0.05) is 24.7 Å². The average molecular weight is 285 g/mol. The summed E-state index contributed by atoms with van der Waals surface area (Å²) in [6.45, 7) is 2.02. The maximum Gasteiger partial charge on any atom is 0.119 e. The molecule has 0 spiro atoms. The van der Waals surface area contributed by atoms with E-state index in [2.05, 4.69) is 23.3 Å². The van der Waals surface area contributed by atoms with Crippen molar-refractivity contribution in [2.45, 2.75) is 38.1 Å². The highest BCUT2D eigenvalue weighted by Gasteiger charge is 2.34. The normalized spacial score (nSPS) is 21.1. The van der Waals surface area contributed by atoms with Crippen LogP contribution in [0.3, 0.4) is 0 Å². The molecule has 3 rings (SSSR count). The summed E-state index contributed by atoms with van der Waals surface area (Å²) in [4.78, 5) is 0. The van der Waals surface area contributed by atoms with Crippen molar-refractivity contribution in [1.82, 2.24) is 9.78 Å². The molecule has 1 heterocycles. The number of rotatable bonds is 3. The van der Waals surface area contributed by atoms with E-state index in [4.69, 9.17) is 10.5 Å². The fourth-order valence-corrected chi connectivity index (χ4v) is 3.43. The van der Waals surface area contributed by atoms with Gasteiger partial charge in [0.05, 0.1) is 12.8 Å². The van der Waals surface area contributed by atoms with Crippen LogP contribution in [0.25, 0.3) is 0 Å². The third-order valence-electron chi connectivity index (χ3n) is 4.52. The standard InChI is InChI=1S/C17H23N3O/c1-12-9-14(20(2)19-12)11-17(18)8-4-5-13-6-7-15(21-3)10-16(13)17/h6-7,9-10H,4-5,8,11,18H2,1-3H3. The minimum atomic E-state index is -0.331. The lowest BCUT2D eigenvalue weighted by atomic mass is 9.74. The summed E-state index contributed by atoms with van der Waals surface area (Å²) >= 11 is 0. The summed E-state index contributed by atoms with van der Waals surface area (Å²) in [7, 11) is 3.69. The zero-order valence-corrected chi connectivity index (χ0v) is 13.0. The van der Waals surface area contributed by atoms with E-state index in [1.807, 2.05) is 24.7 Å². The van der Waals surface area contributed by atoms with Crippen LogP contribution in [0.2, 0.25) is 0 Å². The van der Waals surface area contributed by atoms with Crippen molar-refractivity contribution in [3.05, 3.63) is 46.8 Å². The SMILES string of the molecule is COc1ccc2c(c1)C(N)(Cc1cc(C)nn1C)CCC2. The number of hydrogen-bond donors (Lipinski definition) is 1. The Kier molecular flexibility index (Phi) is 3.49. The number of aromatic nitrogens is 2. The van der Waals surface area contributed by atoms with Crippen LogP contribution in [0.1, 0.15) is 35.4 Å². The Bertz CT molecular complexity index is 662. The highest BCUT2D eigenvalue weighted by molar-refractivity contribution is 5.42. The van der Waals surface area contributed by atoms with Crippen LogP contribution in [0, 0.1) is 6.92 Å². The van der Waals surface area contributed by atoms with Crippen molar-refractivity contribution in [2.75, 3.05) is 7.11 Å². The summed E-state index contributed by atoms with van der Waals surface area (Å²) in [6, 6.07) is 8.42. The van der Waals surface area contributed by atoms with Gasteiger partial charge in [-0.15, -0.1) is 0 Å². The molecular weight excluding hydrogens is 262 g/mol. The number of benzene rings is 1. The molecule has 1 aliphatic rings. The first kappa shape index (κ1) is 14.1. The molecule has 0 aliphatic heterocycles. The van der Waals surface area contributed by atoms with Gasteiger partial charge < -0.3 is 10.5 Å². The summed E-state index contributed by atoms with van der Waals surface area (Å²) < 4.78 is 7.32. The molecule has 2 N–H and O–H groups in total. The number of ether oxygens (including phenoxy) is 1. The maximum atomic E-state index is 6.81. The third kappa shape index (κ3) is 2.56. The number of aryl methyl sites for hydroxylation is 3. The van der Waals surface area contributed by atoms with E-state index in [-0.39, 0.29) is 5.54 Å². The molecule has 0 radical (unpaired) electrons. The van der Waals surface area contributed by atoms with Gasteiger partial charge in [-0.1, -0.05) is 6.07 Å². The quantitative estimate of drug-likeness (QED) is 0.942. The molecule has 0 saturated carbocycles. The van der Waals surface area contributed by atoms with Gasteiger partial charge in [0.2, 0.25) is 0 Å². The Labute approximate surface area is 125 Å². The molecule has 4 nitrogen and oxygen atoms in total. The molecule has 0 fully saturated rings. The fraction of sp³-hybridized carbons (Fsp3) is 0.471. The van der Waals surface area contributed by atoms with Gasteiger partial charge in [-0.25, -0.2) is 0 Å². The molecular formula is C17H23N3O. The van der Waals surface area contributed by atoms with Gasteiger partial charge in [-0.2, -0.15) is 5.10 Å². The minimum absolute atomic E-state index is 0.331. The Morgan fingerprint density at radius 1 is 1.38 bits per heavy atom. The lowest BCUT2D eigenvalue weighted by Crippen LogP contribution is -2.42. The number of nitrogens with two attached hydrogens (primary N) is 1. The molecule has 112 valence electrons. The van der Waals surface area contributed by atoms with Crippen LogP contribution >= 0.6 is 0 Å². The number of hydrogen-bond acceptors (Lipinski definition) is 3. The highest BCUT2D eigenvalue weighted by Crippen LogP contribution is 2.37. The smallest absolute Gasteiger partial charge is 0.119 e. The van der Waals surface area contributed by atoms with Gasteiger partial charge in [-0.3, -0.25) is 4.68 Å². The lowest BCUT2D eigenvalue weighted by molar-refractivity contribution is 0.356. The summed E-state index contributed by atoms with van der Waals surface area (Å²) in [6.07, 6.45) is 4.04. The zero-order valence-electron chi connectivity index (χ0n) is 13.0. The van der Waals surface area contributed by atoms with Crippen LogP contribution in [0.15, 0.2) is 24.3 Å². The van der Waals surface area contributed by atoms with Gasteiger partial charge in [0.25, 0.3) is 0 Å². The van der Waals surface area contributed by atoms with E-state index in [0.717, 1.165) is 37.1 Å². The monoisotopic (exact) mass is 285 g/mol. The van der Waals surface area contributed by atoms with Crippen LogP contribution in [0.5, 0.6) is 5.75 Å². The van der Waals surface area contributed by atoms with Crippen molar-refractivity contribution < 1.29 is 4.74 Å². The van der Waals surface area contributed by atoms with Gasteiger partial charge in [0.15, 0.2) is 0 Å². The Morgan fingerprint density at radius 2 is 2.19 bits per heavy atom. The minimum Gasteiger partial charge on any atom is -0.497 e. The van der Waals surface area contributed by atoms with Crippen molar-refractivity contribution in [2.24, 2.45) is 12.8 Å². The van der Waals surface area contributed by atoms with E-state index in [0.29, 0.717) is 0 Å². The predicted molar refractivity (Wildman–Crippen MR) is 83.4 cm³/mol. The molecule has 21 heavy (non-hydrogen) atoms. The summed E-state index contributed by atoms with van der Waals surface area (Å²) in [5, 5.41) is 4.43. The maximum absolute atomic E-state index is 6.81. The second-order valence-corrected chi connectivity index (χ2v) is 6.11. The first-order chi connectivity index (χ1) is 10.0. The van der Waals surface area contributed by atoms with Crippen molar-refractivity contribution in [3.8, 4) is 5.75 Å². The molecule has 4 heteroatoms. The topological polar surface area (TPSA) is 53.1 Å². The predicted octanol–water partition coefficient (Wildman–Crippen LogP) is 2.47. The molecule has 0 bridgehead atoms. The van der Waals surface area contributed by atoms with Crippen LogP contribution in [-0.4, -0.2) is 16.9 Å². The molecule has 1 aliphatic carbocycles. The van der Waals surface area contributed by atoms with Gasteiger partial charge >= 0.3 is 0 Å². The Morgan fingerprint density at radius 3 is 2.86 bits per heavy atom. The van der Waals surface area contributed by atoms with Crippen molar-refractivity contribution in [1.29, 1.82) is 0 Å². The first-order valence-electron chi connectivity index (χ1n) is 7.48. The second-order valence-electron chi connectivity index (χ2n) is 6.11. The molecule has 2 aromatic rings. The average Bonchev–Trinajstić information content (AvgIpc) is 2.76. The molecule has 1 atom stereocenters. The Balaban J connectivity index is 2.00. The van der Waals surface area contributed by atoms with Gasteiger partial charge in [-0.05, 0) is 55.5 Å². The largest absolute Gasteiger partial charge is 0.497 e. The second kappa shape index (κ2) is 5.19. The van der Waals surface area contributed by atoms with Gasteiger partial charge in [0.1, 0.15) is 5.75 Å². The molecule has 0 amide bonds. The Hall–Kier alpha value is -1.81.